The summed E-state index contributed by atoms with van der Waals surface area (Å²) in [6.07, 6.45) is 0. The molecule has 0 atom stereocenters. The van der Waals surface area contributed by atoms with E-state index in [2.05, 4.69) is 91.8 Å². The third kappa shape index (κ3) is 1110. The minimum atomic E-state index is 0.120. The number of rotatable bonds is 0. The van der Waals surface area contributed by atoms with E-state index in [0.717, 1.165) is 0 Å². The number of hydrogen-bond donors (Lipinski definition) is 0. The molecule has 0 aliphatic carbocycles. The van der Waals surface area contributed by atoms with Crippen molar-refractivity contribution in [3.05, 3.63) is 0 Å². The molecular weight excluding hydrogens is 323 g/mol. The van der Waals surface area contributed by atoms with Gasteiger partial charge in [-0.15, -0.1) is 0 Å². The minimum absolute atomic E-state index is 0.120. The molecule has 1 nitrogen and oxygen atoms in total. The van der Waals surface area contributed by atoms with Gasteiger partial charge in [-0.3, -0.25) is 6.79 Å². The molecule has 0 aromatic carbocycles. The Morgan fingerprint density at radius 2 is 0.625 bits per heavy atom. The van der Waals surface area contributed by atoms with Gasteiger partial charge in [-0.1, -0.05) is 0 Å². The molecule has 105 valence electrons. The molecule has 6 heteroatoms. The van der Waals surface area contributed by atoms with Gasteiger partial charge in [0.25, 0.3) is 0 Å². The quantitative estimate of drug-likeness (QED) is 0.368. The van der Waals surface area contributed by atoms with Crippen LogP contribution in [0.3, 0.4) is 0 Å². The SMILES string of the molecule is C[PH+](C)C.C[PH+](C)C.C[PH+](C)C.[CH-]=O.[Cl][Co+]. The van der Waals surface area contributed by atoms with E-state index in [9.17, 15) is 0 Å². The van der Waals surface area contributed by atoms with Gasteiger partial charge in [-0.25, -0.2) is 0 Å². The van der Waals surface area contributed by atoms with E-state index in [1.165, 1.54) is 0 Å². The second kappa shape index (κ2) is 36.0. The van der Waals surface area contributed by atoms with Crippen LogP contribution in [0, 0.1) is 0 Å². The van der Waals surface area contributed by atoms with E-state index < -0.39 is 0 Å². The molecule has 0 N–H and O–H groups in total. The van der Waals surface area contributed by atoms with E-state index in [-0.39, 0.29) is 23.8 Å². The fourth-order valence-electron chi connectivity index (χ4n) is 0. The van der Waals surface area contributed by atoms with Crippen LogP contribution in [0.15, 0.2) is 0 Å². The molecule has 0 spiro atoms. The van der Waals surface area contributed by atoms with Gasteiger partial charge >= 0.3 is 25.0 Å². The van der Waals surface area contributed by atoms with Gasteiger partial charge in [0.1, 0.15) is 0 Å². The molecule has 0 aromatic heterocycles. The second-order valence-corrected chi connectivity index (χ2v) is 13.5. The summed E-state index contributed by atoms with van der Waals surface area (Å²) >= 11 is 3.03. The van der Waals surface area contributed by atoms with Gasteiger partial charge in [0.2, 0.25) is 0 Å². The predicted molar refractivity (Wildman–Crippen MR) is 90.9 cm³/mol. The van der Waals surface area contributed by atoms with E-state index in [0.29, 0.717) is 0 Å². The molecule has 0 saturated carbocycles. The van der Waals surface area contributed by atoms with Crippen molar-refractivity contribution in [1.82, 2.24) is 0 Å². The fraction of sp³-hybridized carbons (Fsp3) is 0.900. The molecule has 0 bridgehead atoms. The maximum atomic E-state index is 7.75. The van der Waals surface area contributed by atoms with Gasteiger partial charge < -0.3 is 4.79 Å². The van der Waals surface area contributed by atoms with Crippen LogP contribution in [0.4, 0.5) is 0 Å². The maximum absolute atomic E-state index is 7.75. The molecule has 0 rings (SSSR count). The van der Waals surface area contributed by atoms with Crippen LogP contribution >= 0.6 is 33.9 Å². The normalized spacial score (nSPS) is 7.38. The first kappa shape index (κ1) is 30.6. The molecule has 0 fully saturated rings. The van der Waals surface area contributed by atoms with Crippen LogP contribution in [0.1, 0.15) is 0 Å². The molecule has 0 aromatic rings. The van der Waals surface area contributed by atoms with Gasteiger partial charge in [-0.2, -0.15) is 0 Å². The van der Waals surface area contributed by atoms with Crippen molar-refractivity contribution in [3.8, 4) is 0 Å². The molecule has 0 aliphatic heterocycles. The average molecular weight is 355 g/mol. The van der Waals surface area contributed by atoms with Gasteiger partial charge in [0.05, 0.1) is 0 Å². The van der Waals surface area contributed by atoms with E-state index in [1.54, 1.807) is 0 Å². The zero-order chi connectivity index (χ0) is 14.7. The summed E-state index contributed by atoms with van der Waals surface area (Å²) in [6, 6.07) is 0. The molecule has 0 saturated heterocycles. The third-order valence-electron chi connectivity index (χ3n) is 0. The number of halogens is 1. The van der Waals surface area contributed by atoms with Gasteiger partial charge in [0.15, 0.2) is 0 Å². The Labute approximate surface area is 120 Å². The van der Waals surface area contributed by atoms with Gasteiger partial charge in [-0.05, 0) is 23.8 Å². The number of hydrogen-bond acceptors (Lipinski definition) is 1. The summed E-state index contributed by atoms with van der Waals surface area (Å²) in [5, 5.41) is 0. The van der Waals surface area contributed by atoms with Crippen LogP contribution in [0.5, 0.6) is 0 Å². The summed E-state index contributed by atoms with van der Waals surface area (Å²) in [7, 11) is 4.69. The van der Waals surface area contributed by atoms with Crippen molar-refractivity contribution in [1.29, 1.82) is 0 Å². The Kier molecular flexibility index (Phi) is 68.8. The third-order valence-corrected chi connectivity index (χ3v) is 0. The standard InChI is InChI=1S/3C3H9P.CHO.ClH.Co/c3*1-4(2)3;1-2;;/h3*1-3H3;1H;1H;/q;;;-1;;+2/p+2. The van der Waals surface area contributed by atoms with Crippen LogP contribution in [0.25, 0.3) is 0 Å². The summed E-state index contributed by atoms with van der Waals surface area (Å²) in [5.41, 5.74) is 0. The molecule has 0 radical (unpaired) electrons. The Morgan fingerprint density at radius 1 is 0.625 bits per heavy atom. The topological polar surface area (TPSA) is 17.1 Å². The zero-order valence-corrected chi connectivity index (χ0v) is 17.0. The molecule has 16 heavy (non-hydrogen) atoms. The van der Waals surface area contributed by atoms with Crippen LogP contribution < -0.4 is 0 Å². The Morgan fingerprint density at radius 3 is 0.625 bits per heavy atom. The summed E-state index contributed by atoms with van der Waals surface area (Å²) in [5.74, 6) is 0. The first-order chi connectivity index (χ1) is 7.20. The molecule has 0 unspecified atom stereocenters. The predicted octanol–water partition coefficient (Wildman–Crippen LogP) is 3.68. The monoisotopic (exact) mass is 354 g/mol. The van der Waals surface area contributed by atoms with Crippen molar-refractivity contribution in [2.24, 2.45) is 0 Å². The Balaban J connectivity index is -0.0000000327. The van der Waals surface area contributed by atoms with Crippen molar-refractivity contribution >= 4 is 40.7 Å². The van der Waals surface area contributed by atoms with Crippen LogP contribution in [0.2, 0.25) is 0 Å². The molecule has 0 aliphatic rings. The van der Waals surface area contributed by atoms with Crippen LogP contribution in [-0.4, -0.2) is 66.8 Å². The van der Waals surface area contributed by atoms with E-state index >= 15 is 0 Å². The molecule has 0 amide bonds. The van der Waals surface area contributed by atoms with E-state index in [4.69, 9.17) is 4.79 Å². The van der Waals surface area contributed by atoms with Crippen molar-refractivity contribution in [2.75, 3.05) is 60.0 Å². The number of carbonyl (C=O) groups excluding carboxylic acids is 1. The Bertz CT molecular complexity index is 63.9. The summed E-state index contributed by atoms with van der Waals surface area (Å²) in [4.78, 5) is 7.75. The van der Waals surface area contributed by atoms with Crippen molar-refractivity contribution < 1.29 is 19.6 Å². The van der Waals surface area contributed by atoms with Crippen LogP contribution in [-0.2, 0) is 19.6 Å². The molecule has 0 heterocycles. The Hall–Kier alpha value is 1.76. The fourth-order valence-corrected chi connectivity index (χ4v) is 0. The first-order valence-electron chi connectivity index (χ1n) is 4.86. The summed E-state index contributed by atoms with van der Waals surface area (Å²) in [6.45, 7) is 23.7. The first-order valence-corrected chi connectivity index (χ1v) is 15.3. The average Bonchev–Trinajstić information content (AvgIpc) is 2.07. The summed E-state index contributed by atoms with van der Waals surface area (Å²) < 4.78 is 0. The second-order valence-electron chi connectivity index (χ2n) is 4.50. The van der Waals surface area contributed by atoms with Crippen molar-refractivity contribution in [3.63, 3.8) is 0 Å². The molecular formula is C10H31ClCoOP3+3. The van der Waals surface area contributed by atoms with Gasteiger partial charge in [0, 0.05) is 60.0 Å². The van der Waals surface area contributed by atoms with E-state index in [1.807, 2.05) is 0 Å². The zero-order valence-electron chi connectivity index (χ0n) is 12.2. The van der Waals surface area contributed by atoms with Crippen molar-refractivity contribution in [2.45, 2.75) is 0 Å².